The molecule has 1 N–H and O–H groups in total. The molecule has 2 atom stereocenters. The molecule has 1 amide bonds. The van der Waals surface area contributed by atoms with Crippen LogP contribution in [0.15, 0.2) is 18.2 Å². The van der Waals surface area contributed by atoms with Gasteiger partial charge in [0.2, 0.25) is 0 Å². The third-order valence-electron chi connectivity index (χ3n) is 6.02. The van der Waals surface area contributed by atoms with Gasteiger partial charge in [-0.3, -0.25) is 0 Å². The normalized spacial score (nSPS) is 22.1. The summed E-state index contributed by atoms with van der Waals surface area (Å²) < 4.78 is 34.8. The maximum atomic E-state index is 13.3. The minimum absolute atomic E-state index is 0.125. The summed E-state index contributed by atoms with van der Waals surface area (Å²) in [6.07, 6.45) is 2.13. The van der Waals surface area contributed by atoms with Gasteiger partial charge in [0.15, 0.2) is 0 Å². The number of carbonyl (C=O) groups excluding carboxylic acids is 1. The molecular formula is C23H35FN2O3S. The summed E-state index contributed by atoms with van der Waals surface area (Å²) in [4.78, 5) is 14.3. The van der Waals surface area contributed by atoms with E-state index in [-0.39, 0.29) is 17.6 Å². The molecule has 1 aliphatic carbocycles. The summed E-state index contributed by atoms with van der Waals surface area (Å²) in [5.74, 6) is 0. The summed E-state index contributed by atoms with van der Waals surface area (Å²) in [7, 11) is 0. The molecular weight excluding hydrogens is 403 g/mol. The second-order valence-electron chi connectivity index (χ2n) is 10.6. The van der Waals surface area contributed by atoms with Gasteiger partial charge in [-0.2, -0.15) is 0 Å². The summed E-state index contributed by atoms with van der Waals surface area (Å²) in [6.45, 7) is 12.1. The van der Waals surface area contributed by atoms with E-state index in [4.69, 9.17) is 4.74 Å². The van der Waals surface area contributed by atoms with E-state index in [1.165, 1.54) is 5.56 Å². The Morgan fingerprint density at radius 3 is 2.43 bits per heavy atom. The molecule has 1 aromatic rings. The number of nitrogens with one attached hydrogen (secondary N) is 1. The average molecular weight is 439 g/mol. The largest absolute Gasteiger partial charge is 0.598 e. The van der Waals surface area contributed by atoms with Crippen LogP contribution in [0.1, 0.15) is 77.1 Å². The SMILES string of the molecule is CC(C)(C)OC(=O)N1CCC2(CC1)Cc1ccc(CF)cc1[C@H]2N[S@+]([O-])C(C)(C)C. The molecule has 0 saturated carbocycles. The Balaban J connectivity index is 1.83. The molecule has 7 heteroatoms. The highest BCUT2D eigenvalue weighted by molar-refractivity contribution is 7.90. The van der Waals surface area contributed by atoms with Gasteiger partial charge in [-0.15, -0.1) is 4.72 Å². The number of halogens is 1. The molecule has 168 valence electrons. The molecule has 3 rings (SSSR count). The molecule has 1 heterocycles. The molecule has 1 fully saturated rings. The molecule has 30 heavy (non-hydrogen) atoms. The second-order valence-corrected chi connectivity index (χ2v) is 12.6. The van der Waals surface area contributed by atoms with Gasteiger partial charge in [0.25, 0.3) is 0 Å². The maximum Gasteiger partial charge on any atom is 0.410 e. The van der Waals surface area contributed by atoms with Gasteiger partial charge in [-0.05, 0) is 77.5 Å². The van der Waals surface area contributed by atoms with Crippen LogP contribution in [-0.2, 0) is 29.2 Å². The molecule has 5 nitrogen and oxygen atoms in total. The van der Waals surface area contributed by atoms with E-state index < -0.39 is 28.4 Å². The minimum Gasteiger partial charge on any atom is -0.598 e. The van der Waals surface area contributed by atoms with E-state index in [2.05, 4.69) is 4.72 Å². The number of piperidine rings is 1. The van der Waals surface area contributed by atoms with Gasteiger partial charge in [-0.1, -0.05) is 18.2 Å². The van der Waals surface area contributed by atoms with E-state index in [9.17, 15) is 13.7 Å². The fourth-order valence-electron chi connectivity index (χ4n) is 4.37. The lowest BCUT2D eigenvalue weighted by molar-refractivity contribution is 0.00716. The maximum absolute atomic E-state index is 13.3. The first kappa shape index (κ1) is 23.4. The van der Waals surface area contributed by atoms with Crippen LogP contribution in [0.3, 0.4) is 0 Å². The van der Waals surface area contributed by atoms with E-state index in [0.29, 0.717) is 18.7 Å². The third kappa shape index (κ3) is 4.94. The molecule has 0 unspecified atom stereocenters. The van der Waals surface area contributed by atoms with Crippen LogP contribution in [0, 0.1) is 5.41 Å². The van der Waals surface area contributed by atoms with Crippen molar-refractivity contribution in [1.82, 2.24) is 9.62 Å². The van der Waals surface area contributed by atoms with Gasteiger partial charge in [-0.25, -0.2) is 9.18 Å². The lowest BCUT2D eigenvalue weighted by Gasteiger charge is -2.43. The van der Waals surface area contributed by atoms with E-state index in [1.807, 2.05) is 59.7 Å². The highest BCUT2D eigenvalue weighted by Crippen LogP contribution is 2.53. The van der Waals surface area contributed by atoms with Crippen LogP contribution in [0.5, 0.6) is 0 Å². The first-order chi connectivity index (χ1) is 13.8. The Morgan fingerprint density at radius 1 is 1.27 bits per heavy atom. The van der Waals surface area contributed by atoms with Crippen molar-refractivity contribution >= 4 is 17.5 Å². The van der Waals surface area contributed by atoms with Crippen molar-refractivity contribution in [3.63, 3.8) is 0 Å². The summed E-state index contributed by atoms with van der Waals surface area (Å²) in [5, 5.41) is 0. The summed E-state index contributed by atoms with van der Waals surface area (Å²) in [5.41, 5.74) is 2.21. The number of rotatable bonds is 3. The van der Waals surface area contributed by atoms with Crippen LogP contribution in [0.2, 0.25) is 0 Å². The Bertz CT molecular complexity index is 780. The smallest absolute Gasteiger partial charge is 0.410 e. The Hall–Kier alpha value is -1.31. The Morgan fingerprint density at radius 2 is 1.90 bits per heavy atom. The molecule has 0 bridgehead atoms. The van der Waals surface area contributed by atoms with Gasteiger partial charge < -0.3 is 14.2 Å². The number of carbonyl (C=O) groups is 1. The predicted octanol–water partition coefficient (Wildman–Crippen LogP) is 4.82. The molecule has 0 aromatic heterocycles. The van der Waals surface area contributed by atoms with Gasteiger partial charge in [0.05, 0.1) is 6.04 Å². The van der Waals surface area contributed by atoms with E-state index in [0.717, 1.165) is 24.8 Å². The van der Waals surface area contributed by atoms with Crippen molar-refractivity contribution < 1.29 is 18.5 Å². The molecule has 1 spiro atoms. The number of amides is 1. The number of hydrogen-bond donors (Lipinski definition) is 1. The number of benzene rings is 1. The number of alkyl halides is 1. The van der Waals surface area contributed by atoms with E-state index in [1.54, 1.807) is 4.90 Å². The van der Waals surface area contributed by atoms with Crippen molar-refractivity contribution in [3.05, 3.63) is 34.9 Å². The van der Waals surface area contributed by atoms with Crippen LogP contribution in [0.25, 0.3) is 0 Å². The zero-order valence-electron chi connectivity index (χ0n) is 19.0. The number of likely N-dealkylation sites (tertiary alicyclic amines) is 1. The van der Waals surface area contributed by atoms with Crippen molar-refractivity contribution in [1.29, 1.82) is 0 Å². The zero-order chi connectivity index (χ0) is 22.3. The first-order valence-corrected chi connectivity index (χ1v) is 11.8. The summed E-state index contributed by atoms with van der Waals surface area (Å²) in [6, 6.07) is 5.64. The highest BCUT2D eigenvalue weighted by Gasteiger charge is 2.51. The molecule has 1 aromatic carbocycles. The quantitative estimate of drug-likeness (QED) is 0.687. The van der Waals surface area contributed by atoms with Crippen molar-refractivity contribution in [3.8, 4) is 0 Å². The zero-order valence-corrected chi connectivity index (χ0v) is 19.8. The molecule has 2 aliphatic rings. The van der Waals surface area contributed by atoms with Gasteiger partial charge in [0.1, 0.15) is 17.0 Å². The van der Waals surface area contributed by atoms with Crippen LogP contribution in [0.4, 0.5) is 9.18 Å². The molecule has 0 radical (unpaired) electrons. The molecule has 1 saturated heterocycles. The molecule has 1 aliphatic heterocycles. The van der Waals surface area contributed by atoms with Crippen molar-refractivity contribution in [2.75, 3.05) is 13.1 Å². The van der Waals surface area contributed by atoms with Crippen molar-refractivity contribution in [2.24, 2.45) is 5.41 Å². The lowest BCUT2D eigenvalue weighted by Crippen LogP contribution is -2.51. The van der Waals surface area contributed by atoms with Crippen molar-refractivity contribution in [2.45, 2.75) is 83.9 Å². The van der Waals surface area contributed by atoms with Gasteiger partial charge >= 0.3 is 6.09 Å². The third-order valence-corrected chi connectivity index (χ3v) is 7.58. The Kier molecular flexibility index (Phi) is 6.48. The number of hydrogen-bond acceptors (Lipinski definition) is 4. The van der Waals surface area contributed by atoms with Crippen LogP contribution < -0.4 is 4.72 Å². The monoisotopic (exact) mass is 438 g/mol. The number of ether oxygens (including phenoxy) is 1. The topological polar surface area (TPSA) is 64.6 Å². The summed E-state index contributed by atoms with van der Waals surface area (Å²) >= 11 is -1.25. The predicted molar refractivity (Wildman–Crippen MR) is 118 cm³/mol. The fraction of sp³-hybridized carbons (Fsp3) is 0.696. The number of nitrogens with zero attached hydrogens (tertiary/aromatic N) is 1. The average Bonchev–Trinajstić information content (AvgIpc) is 2.92. The standard InChI is InChI=1S/C23H35FN2O3S/c1-21(2,3)29-20(27)26-11-9-23(10-12-26)14-17-8-7-16(15-24)13-18(17)19(23)25-30(28)22(4,5)6/h7-8,13,19,25H,9-12,14-15H2,1-6H3/t19-,30-/m1/s1. The lowest BCUT2D eigenvalue weighted by atomic mass is 9.73. The number of fused-ring (bicyclic) bond motifs is 1. The highest BCUT2D eigenvalue weighted by atomic mass is 32.2. The van der Waals surface area contributed by atoms with Crippen LogP contribution in [-0.4, -0.2) is 39.0 Å². The van der Waals surface area contributed by atoms with Gasteiger partial charge in [0, 0.05) is 29.9 Å². The van der Waals surface area contributed by atoms with E-state index >= 15 is 0 Å². The fourth-order valence-corrected chi connectivity index (χ4v) is 5.31. The first-order valence-electron chi connectivity index (χ1n) is 10.7. The minimum atomic E-state index is -1.25. The van der Waals surface area contributed by atoms with Crippen LogP contribution >= 0.6 is 0 Å². The Labute approximate surface area is 183 Å². The second kappa shape index (κ2) is 8.32.